The molecule has 1 atom stereocenters. The highest BCUT2D eigenvalue weighted by atomic mass is 32.2. The van der Waals surface area contributed by atoms with Gasteiger partial charge in [0.15, 0.2) is 0 Å². The lowest BCUT2D eigenvalue weighted by Crippen LogP contribution is -2.51. The van der Waals surface area contributed by atoms with Crippen LogP contribution >= 0.6 is 11.8 Å². The molecule has 2 rings (SSSR count). The number of aliphatic carboxylic acids is 1. The van der Waals surface area contributed by atoms with Gasteiger partial charge in [0.25, 0.3) is 0 Å². The van der Waals surface area contributed by atoms with E-state index in [-0.39, 0.29) is 6.03 Å². The fraction of sp³-hybridized carbons (Fsp3) is 0.429. The van der Waals surface area contributed by atoms with E-state index in [1.807, 2.05) is 25.2 Å². The van der Waals surface area contributed by atoms with Crippen LogP contribution in [0.5, 0.6) is 0 Å². The lowest BCUT2D eigenvalue weighted by Gasteiger charge is -2.32. The molecule has 1 fully saturated rings. The summed E-state index contributed by atoms with van der Waals surface area (Å²) in [6, 6.07) is 6.38. The minimum Gasteiger partial charge on any atom is -0.480 e. The number of carbonyl (C=O) groups excluding carboxylic acids is 1. The minimum absolute atomic E-state index is 0.357. The van der Waals surface area contributed by atoms with Gasteiger partial charge in [0.1, 0.15) is 6.04 Å². The maximum Gasteiger partial charge on any atom is 0.327 e. The Morgan fingerprint density at radius 2 is 2.29 bits per heavy atom. The predicted octanol–water partition coefficient (Wildman–Crippen LogP) is 1.44. The molecule has 1 aromatic rings. The molecule has 1 unspecified atom stereocenters. The first kappa shape index (κ1) is 15.7. The number of thioether (sulfide) groups is 1. The number of urea groups is 1. The SMILES string of the molecule is CNCc1cccc(NC(=O)N2CCSCC2C(=O)O)c1. The molecule has 6 nitrogen and oxygen atoms in total. The van der Waals surface area contributed by atoms with Crippen LogP contribution in [0, 0.1) is 0 Å². The maximum absolute atomic E-state index is 12.3. The molecular weight excluding hydrogens is 290 g/mol. The van der Waals surface area contributed by atoms with Crippen molar-refractivity contribution in [2.24, 2.45) is 0 Å². The molecule has 21 heavy (non-hydrogen) atoms. The molecule has 1 aliphatic rings. The molecular formula is C14H19N3O3S. The Labute approximate surface area is 127 Å². The van der Waals surface area contributed by atoms with Crippen molar-refractivity contribution in [3.63, 3.8) is 0 Å². The average Bonchev–Trinajstić information content (AvgIpc) is 2.48. The fourth-order valence-corrected chi connectivity index (χ4v) is 3.25. The normalized spacial score (nSPS) is 18.3. The molecule has 1 aliphatic heterocycles. The smallest absolute Gasteiger partial charge is 0.327 e. The fourth-order valence-electron chi connectivity index (χ4n) is 2.21. The molecule has 1 heterocycles. The van der Waals surface area contributed by atoms with Crippen LogP contribution in [0.25, 0.3) is 0 Å². The third kappa shape index (κ3) is 4.12. The van der Waals surface area contributed by atoms with Gasteiger partial charge in [0.05, 0.1) is 0 Å². The van der Waals surface area contributed by atoms with E-state index >= 15 is 0 Å². The van der Waals surface area contributed by atoms with Gasteiger partial charge >= 0.3 is 12.0 Å². The van der Waals surface area contributed by atoms with E-state index in [4.69, 9.17) is 0 Å². The van der Waals surface area contributed by atoms with E-state index in [0.717, 1.165) is 11.3 Å². The van der Waals surface area contributed by atoms with Crippen molar-refractivity contribution in [2.45, 2.75) is 12.6 Å². The lowest BCUT2D eigenvalue weighted by molar-refractivity contribution is -0.141. The van der Waals surface area contributed by atoms with E-state index in [0.29, 0.717) is 24.5 Å². The molecule has 0 radical (unpaired) electrons. The highest BCUT2D eigenvalue weighted by Gasteiger charge is 2.32. The number of nitrogens with zero attached hydrogens (tertiary/aromatic N) is 1. The van der Waals surface area contributed by atoms with Gasteiger partial charge in [0.2, 0.25) is 0 Å². The first-order valence-corrected chi connectivity index (χ1v) is 7.89. The van der Waals surface area contributed by atoms with Crippen molar-refractivity contribution in [1.82, 2.24) is 10.2 Å². The molecule has 2 amide bonds. The molecule has 1 saturated heterocycles. The summed E-state index contributed by atoms with van der Waals surface area (Å²) in [5, 5.41) is 15.0. The molecule has 1 aromatic carbocycles. The lowest BCUT2D eigenvalue weighted by atomic mass is 10.2. The summed E-state index contributed by atoms with van der Waals surface area (Å²) in [5.41, 5.74) is 1.73. The monoisotopic (exact) mass is 309 g/mol. The van der Waals surface area contributed by atoms with Crippen LogP contribution in [0.4, 0.5) is 10.5 Å². The highest BCUT2D eigenvalue weighted by Crippen LogP contribution is 2.19. The van der Waals surface area contributed by atoms with Gasteiger partial charge in [-0.25, -0.2) is 9.59 Å². The van der Waals surface area contributed by atoms with Gasteiger partial charge in [-0.05, 0) is 24.7 Å². The van der Waals surface area contributed by atoms with Crippen molar-refractivity contribution in [3.05, 3.63) is 29.8 Å². The first-order chi connectivity index (χ1) is 10.1. The van der Waals surface area contributed by atoms with E-state index in [1.54, 1.807) is 17.8 Å². The van der Waals surface area contributed by atoms with Crippen LogP contribution in [-0.4, -0.2) is 53.1 Å². The number of hydrogen-bond acceptors (Lipinski definition) is 4. The van der Waals surface area contributed by atoms with Crippen LogP contribution in [0.2, 0.25) is 0 Å². The summed E-state index contributed by atoms with van der Waals surface area (Å²) in [5.74, 6) is 0.237. The standard InChI is InChI=1S/C14H19N3O3S/c1-15-8-10-3-2-4-11(7-10)16-14(20)17-5-6-21-9-12(17)13(18)19/h2-4,7,12,15H,5-6,8-9H2,1H3,(H,16,20)(H,18,19). The second kappa shape index (κ2) is 7.33. The number of carboxylic acids is 1. The number of benzene rings is 1. The number of anilines is 1. The van der Waals surface area contributed by atoms with E-state index < -0.39 is 12.0 Å². The number of nitrogens with one attached hydrogen (secondary N) is 2. The average molecular weight is 309 g/mol. The first-order valence-electron chi connectivity index (χ1n) is 6.73. The summed E-state index contributed by atoms with van der Waals surface area (Å²) in [7, 11) is 1.86. The quantitative estimate of drug-likeness (QED) is 0.784. The third-order valence-electron chi connectivity index (χ3n) is 3.23. The summed E-state index contributed by atoms with van der Waals surface area (Å²) in [6.45, 7) is 1.16. The minimum atomic E-state index is -0.957. The summed E-state index contributed by atoms with van der Waals surface area (Å²) >= 11 is 1.56. The van der Waals surface area contributed by atoms with E-state index in [2.05, 4.69) is 10.6 Å². The Morgan fingerprint density at radius 1 is 1.48 bits per heavy atom. The molecule has 0 aromatic heterocycles. The number of hydrogen-bond donors (Lipinski definition) is 3. The number of carboxylic acid groups (broad SMARTS) is 1. The number of amides is 2. The van der Waals surface area contributed by atoms with Crippen LogP contribution < -0.4 is 10.6 Å². The second-order valence-electron chi connectivity index (χ2n) is 4.78. The van der Waals surface area contributed by atoms with E-state index in [1.165, 1.54) is 4.90 Å². The Bertz CT molecular complexity index is 524. The second-order valence-corrected chi connectivity index (χ2v) is 5.93. The maximum atomic E-state index is 12.3. The van der Waals surface area contributed by atoms with Crippen LogP contribution in [0.3, 0.4) is 0 Å². The molecule has 0 aliphatic carbocycles. The molecule has 7 heteroatoms. The van der Waals surface area contributed by atoms with Crippen molar-refractivity contribution in [3.8, 4) is 0 Å². The molecule has 0 bridgehead atoms. The van der Waals surface area contributed by atoms with Gasteiger partial charge in [-0.2, -0.15) is 11.8 Å². The third-order valence-corrected chi connectivity index (χ3v) is 4.26. The molecule has 0 spiro atoms. The van der Waals surface area contributed by atoms with Gasteiger partial charge in [0, 0.05) is 30.3 Å². The summed E-state index contributed by atoms with van der Waals surface area (Å²) in [4.78, 5) is 24.9. The van der Waals surface area contributed by atoms with Gasteiger partial charge in [-0.1, -0.05) is 12.1 Å². The zero-order valence-corrected chi connectivity index (χ0v) is 12.7. The Hall–Kier alpha value is -1.73. The summed E-state index contributed by atoms with van der Waals surface area (Å²) < 4.78 is 0. The van der Waals surface area contributed by atoms with Gasteiger partial charge in [-0.3, -0.25) is 0 Å². The topological polar surface area (TPSA) is 81.7 Å². The zero-order valence-electron chi connectivity index (χ0n) is 11.8. The molecule has 114 valence electrons. The van der Waals surface area contributed by atoms with Gasteiger partial charge < -0.3 is 20.6 Å². The predicted molar refractivity (Wildman–Crippen MR) is 83.7 cm³/mol. The molecule has 0 saturated carbocycles. The van der Waals surface area contributed by atoms with Crippen LogP contribution in [0.15, 0.2) is 24.3 Å². The van der Waals surface area contributed by atoms with E-state index in [9.17, 15) is 14.7 Å². The Balaban J connectivity index is 2.05. The van der Waals surface area contributed by atoms with Crippen LogP contribution in [0.1, 0.15) is 5.56 Å². The zero-order chi connectivity index (χ0) is 15.2. The number of carbonyl (C=O) groups is 2. The summed E-state index contributed by atoms with van der Waals surface area (Å²) in [6.07, 6.45) is 0. The number of rotatable bonds is 4. The highest BCUT2D eigenvalue weighted by molar-refractivity contribution is 7.99. The van der Waals surface area contributed by atoms with Crippen LogP contribution in [-0.2, 0) is 11.3 Å². The van der Waals surface area contributed by atoms with Crippen molar-refractivity contribution in [2.75, 3.05) is 30.4 Å². The molecule has 3 N–H and O–H groups in total. The van der Waals surface area contributed by atoms with Gasteiger partial charge in [-0.15, -0.1) is 0 Å². The Morgan fingerprint density at radius 3 is 3.00 bits per heavy atom. The van der Waals surface area contributed by atoms with Crippen molar-refractivity contribution < 1.29 is 14.7 Å². The largest absolute Gasteiger partial charge is 0.480 e. The van der Waals surface area contributed by atoms with Crippen molar-refractivity contribution in [1.29, 1.82) is 0 Å². The van der Waals surface area contributed by atoms with Crippen molar-refractivity contribution >= 4 is 29.4 Å². The Kier molecular flexibility index (Phi) is 5.46.